The van der Waals surface area contributed by atoms with Crippen LogP contribution in [0.25, 0.3) is 11.0 Å². The number of rotatable bonds is 4. The molecule has 1 fully saturated rings. The fraction of sp³-hybridized carbons (Fsp3) is 0.562. The molecule has 1 aromatic heterocycles. The van der Waals surface area contributed by atoms with Gasteiger partial charge in [0.05, 0.1) is 18.1 Å². The van der Waals surface area contributed by atoms with E-state index >= 15 is 0 Å². The molecule has 108 valence electrons. The first-order valence-corrected chi connectivity index (χ1v) is 7.87. The van der Waals surface area contributed by atoms with Crippen LogP contribution < -0.4 is 9.80 Å². The molecule has 1 aliphatic rings. The zero-order valence-electron chi connectivity index (χ0n) is 12.7. The molecule has 1 aromatic carbocycles. The monoisotopic (exact) mass is 274 g/mol. The van der Waals surface area contributed by atoms with Crippen LogP contribution in [0.15, 0.2) is 24.3 Å². The SMILES string of the molecule is CCCn1c(C[NH+]2CC[NH+](C)CC2)nc2ccccc21. The van der Waals surface area contributed by atoms with Crippen molar-refractivity contribution < 1.29 is 9.80 Å². The molecular formula is C16H26N4+2. The summed E-state index contributed by atoms with van der Waals surface area (Å²) in [6, 6.07) is 8.53. The van der Waals surface area contributed by atoms with Crippen LogP contribution in [0.1, 0.15) is 19.2 Å². The van der Waals surface area contributed by atoms with Gasteiger partial charge in [-0.25, -0.2) is 4.98 Å². The molecule has 0 aliphatic carbocycles. The minimum atomic E-state index is 1.07. The summed E-state index contributed by atoms with van der Waals surface area (Å²) in [7, 11) is 2.29. The highest BCUT2D eigenvalue weighted by atomic mass is 15.3. The molecular weight excluding hydrogens is 248 g/mol. The summed E-state index contributed by atoms with van der Waals surface area (Å²) in [6.45, 7) is 9.48. The lowest BCUT2D eigenvalue weighted by Crippen LogP contribution is -3.26. The molecule has 0 atom stereocenters. The van der Waals surface area contributed by atoms with Crippen LogP contribution in [0.2, 0.25) is 0 Å². The molecule has 1 aliphatic heterocycles. The lowest BCUT2D eigenvalue weighted by atomic mass is 10.3. The quantitative estimate of drug-likeness (QED) is 0.762. The highest BCUT2D eigenvalue weighted by Crippen LogP contribution is 2.16. The number of imidazole rings is 1. The van der Waals surface area contributed by atoms with E-state index in [1.807, 2.05) is 0 Å². The van der Waals surface area contributed by atoms with Gasteiger partial charge in [-0.15, -0.1) is 0 Å². The second-order valence-corrected chi connectivity index (χ2v) is 6.05. The Morgan fingerprint density at radius 3 is 2.65 bits per heavy atom. The van der Waals surface area contributed by atoms with Crippen molar-refractivity contribution in [3.8, 4) is 0 Å². The molecule has 0 bridgehead atoms. The lowest BCUT2D eigenvalue weighted by Gasteiger charge is -2.27. The molecule has 0 saturated carbocycles. The number of aromatic nitrogens is 2. The smallest absolute Gasteiger partial charge is 0.165 e. The van der Waals surface area contributed by atoms with Crippen LogP contribution in [-0.4, -0.2) is 42.8 Å². The van der Waals surface area contributed by atoms with Crippen LogP contribution in [0, 0.1) is 0 Å². The maximum Gasteiger partial charge on any atom is 0.165 e. The van der Waals surface area contributed by atoms with E-state index in [1.54, 1.807) is 9.80 Å². The summed E-state index contributed by atoms with van der Waals surface area (Å²) >= 11 is 0. The van der Waals surface area contributed by atoms with E-state index in [1.165, 1.54) is 37.5 Å². The van der Waals surface area contributed by atoms with Gasteiger partial charge in [0.25, 0.3) is 0 Å². The number of aryl methyl sites for hydroxylation is 1. The van der Waals surface area contributed by atoms with Crippen LogP contribution in [0.4, 0.5) is 0 Å². The third-order valence-corrected chi connectivity index (χ3v) is 4.40. The first-order chi connectivity index (χ1) is 9.78. The van der Waals surface area contributed by atoms with Crippen LogP contribution >= 0.6 is 0 Å². The van der Waals surface area contributed by atoms with Crippen molar-refractivity contribution >= 4 is 11.0 Å². The first-order valence-electron chi connectivity index (χ1n) is 7.87. The normalized spacial score (nSPS) is 23.3. The average Bonchev–Trinajstić information content (AvgIpc) is 2.80. The zero-order chi connectivity index (χ0) is 13.9. The molecule has 1 saturated heterocycles. The summed E-state index contributed by atoms with van der Waals surface area (Å²) in [5.41, 5.74) is 2.44. The van der Waals surface area contributed by atoms with E-state index in [9.17, 15) is 0 Å². The van der Waals surface area contributed by atoms with Crippen molar-refractivity contribution in [2.75, 3.05) is 33.2 Å². The number of para-hydroxylation sites is 2. The minimum absolute atomic E-state index is 1.07. The standard InChI is InChI=1S/C16H24N4/c1-3-8-20-15-7-5-4-6-14(15)17-16(20)13-19-11-9-18(2)10-12-19/h4-7H,3,8-13H2,1-2H3/p+2. The molecule has 2 heterocycles. The fourth-order valence-corrected chi connectivity index (χ4v) is 3.16. The van der Waals surface area contributed by atoms with Crippen molar-refractivity contribution in [1.82, 2.24) is 9.55 Å². The topological polar surface area (TPSA) is 26.7 Å². The van der Waals surface area contributed by atoms with Crippen LogP contribution in [0.5, 0.6) is 0 Å². The molecule has 2 N–H and O–H groups in total. The van der Waals surface area contributed by atoms with Gasteiger partial charge in [0.2, 0.25) is 0 Å². The van der Waals surface area contributed by atoms with Crippen molar-refractivity contribution in [2.45, 2.75) is 26.4 Å². The van der Waals surface area contributed by atoms with E-state index < -0.39 is 0 Å². The first kappa shape index (κ1) is 13.6. The second-order valence-electron chi connectivity index (χ2n) is 6.05. The predicted octanol–water partition coefficient (Wildman–Crippen LogP) is -0.640. The predicted molar refractivity (Wildman–Crippen MR) is 81.0 cm³/mol. The Bertz CT molecular complexity index is 567. The van der Waals surface area contributed by atoms with Gasteiger partial charge in [-0.05, 0) is 18.6 Å². The maximum atomic E-state index is 4.88. The third-order valence-electron chi connectivity index (χ3n) is 4.40. The van der Waals surface area contributed by atoms with Crippen molar-refractivity contribution in [2.24, 2.45) is 0 Å². The molecule has 4 nitrogen and oxygen atoms in total. The summed E-state index contributed by atoms with van der Waals surface area (Å²) in [4.78, 5) is 8.23. The third kappa shape index (κ3) is 2.72. The maximum absolute atomic E-state index is 4.88. The molecule has 0 spiro atoms. The number of nitrogens with one attached hydrogen (secondary N) is 2. The van der Waals surface area contributed by atoms with E-state index in [0.717, 1.165) is 25.0 Å². The van der Waals surface area contributed by atoms with Crippen LogP contribution in [-0.2, 0) is 13.1 Å². The van der Waals surface area contributed by atoms with E-state index in [4.69, 9.17) is 4.98 Å². The number of fused-ring (bicyclic) bond motifs is 1. The number of hydrogen-bond donors (Lipinski definition) is 2. The van der Waals surface area contributed by atoms with Gasteiger partial charge in [0.15, 0.2) is 5.82 Å². The molecule has 4 heteroatoms. The molecule has 0 radical (unpaired) electrons. The van der Waals surface area contributed by atoms with Gasteiger partial charge >= 0.3 is 0 Å². The summed E-state index contributed by atoms with van der Waals surface area (Å²) in [6.07, 6.45) is 1.16. The minimum Gasteiger partial charge on any atom is -0.328 e. The highest BCUT2D eigenvalue weighted by molar-refractivity contribution is 5.75. The highest BCUT2D eigenvalue weighted by Gasteiger charge is 2.22. The Balaban J connectivity index is 1.84. The number of piperazine rings is 1. The molecule has 0 unspecified atom stereocenters. The zero-order valence-corrected chi connectivity index (χ0v) is 12.7. The van der Waals surface area contributed by atoms with Crippen molar-refractivity contribution in [3.05, 3.63) is 30.1 Å². The Labute approximate surface area is 121 Å². The van der Waals surface area contributed by atoms with E-state index in [0.29, 0.717) is 0 Å². The molecule has 20 heavy (non-hydrogen) atoms. The lowest BCUT2D eigenvalue weighted by molar-refractivity contribution is -1.01. The van der Waals surface area contributed by atoms with Gasteiger partial charge in [0.1, 0.15) is 32.7 Å². The average molecular weight is 274 g/mol. The van der Waals surface area contributed by atoms with Crippen LogP contribution in [0.3, 0.4) is 0 Å². The summed E-state index contributed by atoms with van der Waals surface area (Å²) in [5, 5.41) is 0. The summed E-state index contributed by atoms with van der Waals surface area (Å²) < 4.78 is 2.42. The second kappa shape index (κ2) is 5.94. The van der Waals surface area contributed by atoms with E-state index in [-0.39, 0.29) is 0 Å². The van der Waals surface area contributed by atoms with Gasteiger partial charge in [-0.2, -0.15) is 0 Å². The Morgan fingerprint density at radius 2 is 1.90 bits per heavy atom. The Morgan fingerprint density at radius 1 is 1.15 bits per heavy atom. The van der Waals surface area contributed by atoms with Crippen molar-refractivity contribution in [3.63, 3.8) is 0 Å². The largest absolute Gasteiger partial charge is 0.328 e. The number of quaternary nitrogens is 2. The molecule has 2 aromatic rings. The van der Waals surface area contributed by atoms with Gasteiger partial charge < -0.3 is 14.4 Å². The Kier molecular flexibility index (Phi) is 4.03. The number of hydrogen-bond acceptors (Lipinski definition) is 1. The van der Waals surface area contributed by atoms with Gasteiger partial charge in [-0.3, -0.25) is 0 Å². The Hall–Kier alpha value is -1.39. The molecule has 0 amide bonds. The molecule has 3 rings (SSSR count). The number of likely N-dealkylation sites (N-methyl/N-ethyl adjacent to an activating group) is 1. The fourth-order valence-electron chi connectivity index (χ4n) is 3.16. The van der Waals surface area contributed by atoms with Gasteiger partial charge in [0, 0.05) is 6.54 Å². The number of benzene rings is 1. The van der Waals surface area contributed by atoms with Gasteiger partial charge in [-0.1, -0.05) is 19.1 Å². The van der Waals surface area contributed by atoms with Crippen molar-refractivity contribution in [1.29, 1.82) is 0 Å². The summed E-state index contributed by atoms with van der Waals surface area (Å²) in [5.74, 6) is 1.27. The number of nitrogens with zero attached hydrogens (tertiary/aromatic N) is 2. The van der Waals surface area contributed by atoms with E-state index in [2.05, 4.69) is 42.8 Å².